The van der Waals surface area contributed by atoms with Gasteiger partial charge >= 0.3 is 0 Å². The van der Waals surface area contributed by atoms with Crippen LogP contribution in [0, 0.1) is 0 Å². The monoisotopic (exact) mass is 270 g/mol. The molecule has 0 aliphatic carbocycles. The quantitative estimate of drug-likeness (QED) is 0.906. The molecule has 1 atom stereocenters. The zero-order chi connectivity index (χ0) is 13.1. The van der Waals surface area contributed by atoms with Gasteiger partial charge in [0.1, 0.15) is 6.10 Å². The van der Waals surface area contributed by atoms with Crippen molar-refractivity contribution < 1.29 is 14.3 Å². The standard InChI is InChI=1S/C12H15ClN2O3/c1-16-10-4-3-8(11(13)12(10)17-2)9-5-7(6-14)18-15-9/h3-4,7H,5-6,14H2,1-2H3. The molecule has 1 heterocycles. The van der Waals surface area contributed by atoms with Crippen LogP contribution in [0.25, 0.3) is 0 Å². The van der Waals surface area contributed by atoms with Crippen molar-refractivity contribution in [3.8, 4) is 11.5 Å². The fraction of sp³-hybridized carbons (Fsp3) is 0.417. The predicted octanol–water partition coefficient (Wildman–Crippen LogP) is 1.81. The fourth-order valence-electron chi connectivity index (χ4n) is 1.83. The van der Waals surface area contributed by atoms with Crippen molar-refractivity contribution >= 4 is 17.3 Å². The molecule has 1 aromatic carbocycles. The van der Waals surface area contributed by atoms with E-state index in [-0.39, 0.29) is 6.10 Å². The number of nitrogens with two attached hydrogens (primary N) is 1. The topological polar surface area (TPSA) is 66.1 Å². The molecule has 1 unspecified atom stereocenters. The van der Waals surface area contributed by atoms with Gasteiger partial charge in [-0.1, -0.05) is 16.8 Å². The van der Waals surface area contributed by atoms with E-state index in [1.165, 1.54) is 0 Å². The van der Waals surface area contributed by atoms with E-state index in [0.29, 0.717) is 29.5 Å². The molecule has 98 valence electrons. The summed E-state index contributed by atoms with van der Waals surface area (Å²) in [5, 5.41) is 4.48. The third kappa shape index (κ3) is 2.23. The molecule has 0 spiro atoms. The molecule has 1 aliphatic heterocycles. The summed E-state index contributed by atoms with van der Waals surface area (Å²) in [5.74, 6) is 1.08. The van der Waals surface area contributed by atoms with Gasteiger partial charge in [-0.15, -0.1) is 0 Å². The minimum absolute atomic E-state index is 0.0795. The maximum absolute atomic E-state index is 6.29. The van der Waals surface area contributed by atoms with Crippen LogP contribution < -0.4 is 15.2 Å². The van der Waals surface area contributed by atoms with Gasteiger partial charge in [0, 0.05) is 18.5 Å². The Balaban J connectivity index is 2.35. The molecule has 2 rings (SSSR count). The zero-order valence-electron chi connectivity index (χ0n) is 10.3. The van der Waals surface area contributed by atoms with Crippen molar-refractivity contribution in [3.63, 3.8) is 0 Å². The number of oxime groups is 1. The van der Waals surface area contributed by atoms with Crippen molar-refractivity contribution in [1.82, 2.24) is 0 Å². The highest BCUT2D eigenvalue weighted by Crippen LogP contribution is 2.38. The Labute approximate surface area is 110 Å². The lowest BCUT2D eigenvalue weighted by Crippen LogP contribution is -2.20. The minimum Gasteiger partial charge on any atom is -0.493 e. The van der Waals surface area contributed by atoms with E-state index in [1.54, 1.807) is 20.3 Å². The summed E-state index contributed by atoms with van der Waals surface area (Å²) in [5.41, 5.74) is 7.09. The number of methoxy groups -OCH3 is 2. The summed E-state index contributed by atoms with van der Waals surface area (Å²) in [6, 6.07) is 3.63. The maximum atomic E-state index is 6.29. The summed E-state index contributed by atoms with van der Waals surface area (Å²) in [4.78, 5) is 5.19. The number of halogens is 1. The van der Waals surface area contributed by atoms with Crippen LogP contribution in [0.5, 0.6) is 11.5 Å². The van der Waals surface area contributed by atoms with Crippen molar-refractivity contribution in [3.05, 3.63) is 22.7 Å². The summed E-state index contributed by atoms with van der Waals surface area (Å²) in [6.45, 7) is 0.428. The van der Waals surface area contributed by atoms with Crippen molar-refractivity contribution in [2.75, 3.05) is 20.8 Å². The Morgan fingerprint density at radius 1 is 1.44 bits per heavy atom. The van der Waals surface area contributed by atoms with Crippen LogP contribution >= 0.6 is 11.6 Å². The smallest absolute Gasteiger partial charge is 0.180 e. The molecule has 0 saturated heterocycles. The van der Waals surface area contributed by atoms with E-state index in [9.17, 15) is 0 Å². The van der Waals surface area contributed by atoms with E-state index >= 15 is 0 Å². The van der Waals surface area contributed by atoms with E-state index in [0.717, 1.165) is 11.3 Å². The van der Waals surface area contributed by atoms with E-state index in [2.05, 4.69) is 5.16 Å². The Bertz CT molecular complexity index is 477. The average Bonchev–Trinajstić information content (AvgIpc) is 2.86. The Hall–Kier alpha value is -1.46. The number of hydrogen-bond acceptors (Lipinski definition) is 5. The summed E-state index contributed by atoms with van der Waals surface area (Å²) in [6.07, 6.45) is 0.565. The first-order chi connectivity index (χ1) is 8.71. The van der Waals surface area contributed by atoms with Crippen LogP contribution in [0.15, 0.2) is 17.3 Å². The van der Waals surface area contributed by atoms with Gasteiger partial charge in [-0.05, 0) is 12.1 Å². The second-order valence-electron chi connectivity index (χ2n) is 3.87. The highest BCUT2D eigenvalue weighted by molar-refractivity contribution is 6.36. The lowest BCUT2D eigenvalue weighted by atomic mass is 10.0. The summed E-state index contributed by atoms with van der Waals surface area (Å²) < 4.78 is 10.4. The molecular weight excluding hydrogens is 256 g/mol. The van der Waals surface area contributed by atoms with Gasteiger partial charge in [0.25, 0.3) is 0 Å². The van der Waals surface area contributed by atoms with Gasteiger partial charge in [0.05, 0.1) is 25.0 Å². The van der Waals surface area contributed by atoms with Crippen LogP contribution in [0.3, 0.4) is 0 Å². The number of rotatable bonds is 4. The third-order valence-corrected chi connectivity index (χ3v) is 3.17. The molecular formula is C12H15ClN2O3. The maximum Gasteiger partial charge on any atom is 0.180 e. The molecule has 5 nitrogen and oxygen atoms in total. The first kappa shape index (κ1) is 13.0. The van der Waals surface area contributed by atoms with Gasteiger partial charge in [0.2, 0.25) is 0 Å². The van der Waals surface area contributed by atoms with Gasteiger partial charge in [-0.25, -0.2) is 0 Å². The third-order valence-electron chi connectivity index (χ3n) is 2.79. The van der Waals surface area contributed by atoms with Gasteiger partial charge < -0.3 is 20.0 Å². The Kier molecular flexibility index (Phi) is 3.93. The molecule has 2 N–H and O–H groups in total. The highest BCUT2D eigenvalue weighted by atomic mass is 35.5. The summed E-state index contributed by atoms with van der Waals surface area (Å²) in [7, 11) is 3.11. The number of hydrogen-bond donors (Lipinski definition) is 1. The lowest BCUT2D eigenvalue weighted by molar-refractivity contribution is 0.0918. The fourth-order valence-corrected chi connectivity index (χ4v) is 2.17. The van der Waals surface area contributed by atoms with Crippen LogP contribution in [-0.2, 0) is 4.84 Å². The number of ether oxygens (including phenoxy) is 2. The van der Waals surface area contributed by atoms with Crippen molar-refractivity contribution in [1.29, 1.82) is 0 Å². The van der Waals surface area contributed by atoms with Crippen LogP contribution in [0.1, 0.15) is 12.0 Å². The van der Waals surface area contributed by atoms with Crippen LogP contribution in [0.4, 0.5) is 0 Å². The average molecular weight is 271 g/mol. The SMILES string of the molecule is COc1ccc(C2=NOC(CN)C2)c(Cl)c1OC. The molecule has 0 radical (unpaired) electrons. The zero-order valence-corrected chi connectivity index (χ0v) is 11.0. The normalized spacial score (nSPS) is 18.2. The van der Waals surface area contributed by atoms with Crippen LogP contribution in [-0.4, -0.2) is 32.6 Å². The number of nitrogens with zero attached hydrogens (tertiary/aromatic N) is 1. The molecule has 18 heavy (non-hydrogen) atoms. The molecule has 6 heteroatoms. The van der Waals surface area contributed by atoms with Crippen LogP contribution in [0.2, 0.25) is 5.02 Å². The largest absolute Gasteiger partial charge is 0.493 e. The highest BCUT2D eigenvalue weighted by Gasteiger charge is 2.24. The molecule has 0 aromatic heterocycles. The molecule has 0 saturated carbocycles. The first-order valence-electron chi connectivity index (χ1n) is 5.54. The first-order valence-corrected chi connectivity index (χ1v) is 5.92. The molecule has 1 aromatic rings. The Morgan fingerprint density at radius 3 is 2.78 bits per heavy atom. The van der Waals surface area contributed by atoms with E-state index in [4.69, 9.17) is 31.6 Å². The predicted molar refractivity (Wildman–Crippen MR) is 69.6 cm³/mol. The lowest BCUT2D eigenvalue weighted by Gasteiger charge is -2.12. The molecule has 1 aliphatic rings. The van der Waals surface area contributed by atoms with Crippen molar-refractivity contribution in [2.45, 2.75) is 12.5 Å². The van der Waals surface area contributed by atoms with Gasteiger partial charge in [-0.3, -0.25) is 0 Å². The van der Waals surface area contributed by atoms with Gasteiger partial charge in [-0.2, -0.15) is 0 Å². The number of benzene rings is 1. The molecule has 0 fully saturated rings. The second-order valence-corrected chi connectivity index (χ2v) is 4.25. The van der Waals surface area contributed by atoms with Crippen molar-refractivity contribution in [2.24, 2.45) is 10.9 Å². The summed E-state index contributed by atoms with van der Waals surface area (Å²) >= 11 is 6.29. The Morgan fingerprint density at radius 2 is 2.22 bits per heavy atom. The van der Waals surface area contributed by atoms with E-state index < -0.39 is 0 Å². The van der Waals surface area contributed by atoms with E-state index in [1.807, 2.05) is 6.07 Å². The second kappa shape index (κ2) is 5.46. The molecule has 0 amide bonds. The minimum atomic E-state index is -0.0795. The van der Waals surface area contributed by atoms with Gasteiger partial charge in [0.15, 0.2) is 11.5 Å². The molecule has 0 bridgehead atoms.